The first-order chi connectivity index (χ1) is 5.20. The number of nitrogens with zero attached hydrogens (tertiary/aromatic N) is 4. The third-order valence-electron chi connectivity index (χ3n) is 1.48. The smallest absolute Gasteiger partial charge is 0.293 e. The van der Waals surface area contributed by atoms with E-state index in [1.54, 1.807) is 18.5 Å². The topological polar surface area (TPSA) is 26.5 Å². The molecule has 4 nitrogen and oxygen atoms in total. The highest BCUT2D eigenvalue weighted by Gasteiger charge is 2.13. The molecule has 0 saturated heterocycles. The lowest BCUT2D eigenvalue weighted by molar-refractivity contribution is 0.872. The summed E-state index contributed by atoms with van der Waals surface area (Å²) in [5.74, 6) is 1.21. The van der Waals surface area contributed by atoms with E-state index in [2.05, 4.69) is 14.7 Å². The van der Waals surface area contributed by atoms with Gasteiger partial charge in [-0.25, -0.2) is 0 Å². The van der Waals surface area contributed by atoms with Gasteiger partial charge in [0.25, 0.3) is 17.5 Å². The summed E-state index contributed by atoms with van der Waals surface area (Å²) in [5, 5.41) is 0. The van der Waals surface area contributed by atoms with Crippen LogP contribution in [0.5, 0.6) is 0 Å². The van der Waals surface area contributed by atoms with Gasteiger partial charge in [0.05, 0.1) is 7.05 Å². The van der Waals surface area contributed by atoms with Crippen LogP contribution >= 0.6 is 0 Å². The molecule has 1 aromatic heterocycles. The summed E-state index contributed by atoms with van der Waals surface area (Å²) in [4.78, 5) is 10.2. The minimum absolute atomic E-state index is 0.194. The molecular formula is C7H6N4. The Morgan fingerprint density at radius 2 is 2.00 bits per heavy atom. The average Bonchev–Trinajstić information content (AvgIpc) is 2.28. The van der Waals surface area contributed by atoms with Crippen LogP contribution in [-0.2, 0) is 7.05 Å². The lowest BCUT2D eigenvalue weighted by atomic mass is 10.6. The van der Waals surface area contributed by atoms with Gasteiger partial charge in [-0.15, -0.1) is 0 Å². The molecule has 0 aliphatic rings. The Morgan fingerprint density at radius 3 is 2.36 bits per heavy atom. The molecule has 0 N–H and O–H groups in total. The first-order valence-electron chi connectivity index (χ1n) is 2.99. The molecule has 0 amide bonds. The van der Waals surface area contributed by atoms with Gasteiger partial charge >= 0.3 is 0 Å². The summed E-state index contributed by atoms with van der Waals surface area (Å²) < 4.78 is 1.61. The van der Waals surface area contributed by atoms with Crippen molar-refractivity contribution in [2.75, 3.05) is 0 Å². The fraction of sp³-hybridized carbons (Fsp3) is 0.286. The molecule has 0 spiro atoms. The standard InChI is InChI=1S/C7H6N4/c1-5-10-6(8-2)7(9-3)11(5)4/h1,4H3. The summed E-state index contributed by atoms with van der Waals surface area (Å²) >= 11 is 0. The molecule has 11 heavy (non-hydrogen) atoms. The van der Waals surface area contributed by atoms with Gasteiger partial charge in [0.1, 0.15) is 0 Å². The van der Waals surface area contributed by atoms with Crippen LogP contribution in [0, 0.1) is 20.1 Å². The van der Waals surface area contributed by atoms with E-state index in [1.807, 2.05) is 0 Å². The molecule has 0 fully saturated rings. The third-order valence-corrected chi connectivity index (χ3v) is 1.48. The lowest BCUT2D eigenvalue weighted by Crippen LogP contribution is -1.88. The minimum atomic E-state index is 0.194. The molecule has 1 rings (SSSR count). The van der Waals surface area contributed by atoms with Crippen LogP contribution in [0.4, 0.5) is 11.6 Å². The quantitative estimate of drug-likeness (QED) is 0.513. The summed E-state index contributed by atoms with van der Waals surface area (Å²) in [6, 6.07) is 0. The maximum Gasteiger partial charge on any atom is 0.293 e. The van der Waals surface area contributed by atoms with Crippen molar-refractivity contribution in [3.63, 3.8) is 0 Å². The van der Waals surface area contributed by atoms with Crippen LogP contribution in [0.15, 0.2) is 0 Å². The van der Waals surface area contributed by atoms with Crippen molar-refractivity contribution in [2.24, 2.45) is 7.05 Å². The van der Waals surface area contributed by atoms with Gasteiger partial charge in [-0.3, -0.25) is 4.57 Å². The number of imidazole rings is 1. The molecule has 0 aromatic carbocycles. The molecule has 54 valence electrons. The Labute approximate surface area is 64.7 Å². The molecule has 0 atom stereocenters. The molecule has 0 aliphatic carbocycles. The third kappa shape index (κ3) is 0.948. The van der Waals surface area contributed by atoms with Crippen LogP contribution in [0.3, 0.4) is 0 Å². The second kappa shape index (κ2) is 2.43. The fourth-order valence-corrected chi connectivity index (χ4v) is 0.782. The zero-order chi connectivity index (χ0) is 8.43. The number of rotatable bonds is 0. The van der Waals surface area contributed by atoms with Crippen LogP contribution in [0.1, 0.15) is 5.82 Å². The zero-order valence-electron chi connectivity index (χ0n) is 6.29. The maximum atomic E-state index is 6.76. The summed E-state index contributed by atoms with van der Waals surface area (Å²) in [7, 11) is 1.73. The normalized spacial score (nSPS) is 8.73. The molecular weight excluding hydrogens is 140 g/mol. The Balaban J connectivity index is 3.45. The summed E-state index contributed by atoms with van der Waals surface area (Å²) in [5.41, 5.74) is 0. The van der Waals surface area contributed by atoms with Crippen LogP contribution in [0.25, 0.3) is 9.69 Å². The average molecular weight is 146 g/mol. The number of aryl methyl sites for hydroxylation is 1. The maximum absolute atomic E-state index is 6.76. The molecule has 0 bridgehead atoms. The molecule has 0 unspecified atom stereocenters. The Morgan fingerprint density at radius 1 is 1.36 bits per heavy atom. The van der Waals surface area contributed by atoms with Crippen molar-refractivity contribution in [1.82, 2.24) is 9.55 Å². The molecule has 0 radical (unpaired) electrons. The first kappa shape index (κ1) is 7.30. The highest BCUT2D eigenvalue weighted by molar-refractivity contribution is 5.62. The predicted octanol–water partition coefficient (Wildman–Crippen LogP) is 1.83. The van der Waals surface area contributed by atoms with Gasteiger partial charge < -0.3 is 9.69 Å². The number of aromatic nitrogens is 2. The second-order valence-corrected chi connectivity index (χ2v) is 2.09. The molecule has 0 saturated carbocycles. The van der Waals surface area contributed by atoms with Gasteiger partial charge in [0.2, 0.25) is 0 Å². The molecule has 4 heteroatoms. The van der Waals surface area contributed by atoms with Gasteiger partial charge in [-0.05, 0) is 0 Å². The van der Waals surface area contributed by atoms with Crippen LogP contribution < -0.4 is 0 Å². The minimum Gasteiger partial charge on any atom is -0.373 e. The molecule has 1 heterocycles. The highest BCUT2D eigenvalue weighted by Crippen LogP contribution is 2.26. The van der Waals surface area contributed by atoms with E-state index in [0.717, 1.165) is 0 Å². The largest absolute Gasteiger partial charge is 0.373 e. The number of hydrogen-bond donors (Lipinski definition) is 0. The Kier molecular flexibility index (Phi) is 1.61. The van der Waals surface area contributed by atoms with Gasteiger partial charge in [0.15, 0.2) is 0 Å². The molecule has 1 aromatic rings. The van der Waals surface area contributed by atoms with Gasteiger partial charge in [0, 0.05) is 6.92 Å². The number of hydrogen-bond acceptors (Lipinski definition) is 1. The molecule has 0 aliphatic heterocycles. The van der Waals surface area contributed by atoms with E-state index in [-0.39, 0.29) is 5.82 Å². The summed E-state index contributed by atoms with van der Waals surface area (Å²) in [6.45, 7) is 15.2. The highest BCUT2D eigenvalue weighted by atomic mass is 15.2. The summed E-state index contributed by atoms with van der Waals surface area (Å²) in [6.07, 6.45) is 0. The van der Waals surface area contributed by atoms with Crippen molar-refractivity contribution in [3.05, 3.63) is 28.7 Å². The van der Waals surface area contributed by atoms with E-state index < -0.39 is 0 Å². The zero-order valence-corrected chi connectivity index (χ0v) is 6.29. The second-order valence-electron chi connectivity index (χ2n) is 2.09. The fourth-order valence-electron chi connectivity index (χ4n) is 0.782. The Hall–Kier alpha value is -1.81. The van der Waals surface area contributed by atoms with Crippen LogP contribution in [-0.4, -0.2) is 9.55 Å². The van der Waals surface area contributed by atoms with Crippen molar-refractivity contribution in [3.8, 4) is 0 Å². The monoisotopic (exact) mass is 146 g/mol. The SMILES string of the molecule is [C-]#[N+]c1nc(C)n(C)c1[N+]#[C-]. The van der Waals surface area contributed by atoms with E-state index >= 15 is 0 Å². The lowest BCUT2D eigenvalue weighted by Gasteiger charge is -1.89. The van der Waals surface area contributed by atoms with Gasteiger partial charge in [-0.1, -0.05) is 18.1 Å². The van der Waals surface area contributed by atoms with Crippen molar-refractivity contribution in [1.29, 1.82) is 0 Å². The van der Waals surface area contributed by atoms with Gasteiger partial charge in [-0.2, -0.15) is 0 Å². The van der Waals surface area contributed by atoms with Crippen molar-refractivity contribution >= 4 is 11.6 Å². The van der Waals surface area contributed by atoms with Crippen molar-refractivity contribution in [2.45, 2.75) is 6.92 Å². The van der Waals surface area contributed by atoms with E-state index in [9.17, 15) is 0 Å². The Bertz CT molecular complexity index is 361. The van der Waals surface area contributed by atoms with Crippen LogP contribution in [0.2, 0.25) is 0 Å². The van der Waals surface area contributed by atoms with Crippen molar-refractivity contribution < 1.29 is 0 Å². The van der Waals surface area contributed by atoms with E-state index in [4.69, 9.17) is 13.1 Å². The predicted molar refractivity (Wildman–Crippen MR) is 40.5 cm³/mol. The van der Waals surface area contributed by atoms with E-state index in [0.29, 0.717) is 11.6 Å². The first-order valence-corrected chi connectivity index (χ1v) is 2.99. The van der Waals surface area contributed by atoms with E-state index in [1.165, 1.54) is 0 Å².